The van der Waals surface area contributed by atoms with E-state index in [1.54, 1.807) is 20.8 Å². The van der Waals surface area contributed by atoms with Crippen LogP contribution >= 0.6 is 0 Å². The largest absolute Gasteiger partial charge is 0.444 e. The Kier molecular flexibility index (Phi) is 5.85. The highest BCUT2D eigenvalue weighted by atomic mass is 16.6. The van der Waals surface area contributed by atoms with E-state index in [4.69, 9.17) is 4.74 Å². The van der Waals surface area contributed by atoms with Crippen molar-refractivity contribution in [3.63, 3.8) is 0 Å². The molecule has 0 aliphatic carbocycles. The Morgan fingerprint density at radius 2 is 1.71 bits per heavy atom. The highest BCUT2D eigenvalue weighted by molar-refractivity contribution is 5.86. The van der Waals surface area contributed by atoms with Crippen LogP contribution in [-0.4, -0.2) is 29.3 Å². The lowest BCUT2D eigenvalue weighted by Crippen LogP contribution is -2.42. The van der Waals surface area contributed by atoms with Crippen molar-refractivity contribution in [2.24, 2.45) is 0 Å². The zero-order valence-corrected chi connectivity index (χ0v) is 11.1. The van der Waals surface area contributed by atoms with Crippen molar-refractivity contribution >= 4 is 17.7 Å². The number of hydrogen-bond donors (Lipinski definition) is 1. The summed E-state index contributed by atoms with van der Waals surface area (Å²) in [5.41, 5.74) is -0.605. The van der Waals surface area contributed by atoms with E-state index in [1.807, 2.05) is 0 Å². The summed E-state index contributed by atoms with van der Waals surface area (Å²) < 4.78 is 5.04. The van der Waals surface area contributed by atoms with Gasteiger partial charge in [-0.3, -0.25) is 4.79 Å². The number of rotatable bonds is 5. The maximum atomic E-state index is 11.4. The molecule has 0 radical (unpaired) electrons. The molecule has 0 heterocycles. The van der Waals surface area contributed by atoms with Crippen LogP contribution in [0, 0.1) is 0 Å². The van der Waals surface area contributed by atoms with E-state index in [9.17, 15) is 14.4 Å². The molecule has 0 aliphatic rings. The van der Waals surface area contributed by atoms with Crippen LogP contribution in [0.25, 0.3) is 0 Å². The monoisotopic (exact) mass is 243 g/mol. The van der Waals surface area contributed by atoms with Gasteiger partial charge in [-0.25, -0.2) is 4.79 Å². The number of alkyl carbamates (subject to hydrolysis) is 1. The number of carbonyl (C=O) groups is 3. The second-order valence-electron chi connectivity index (χ2n) is 5.05. The molecule has 0 saturated carbocycles. The lowest BCUT2D eigenvalue weighted by atomic mass is 10.1. The molecule has 0 rings (SSSR count). The van der Waals surface area contributed by atoms with Crippen molar-refractivity contribution in [2.45, 2.75) is 59.1 Å². The van der Waals surface area contributed by atoms with Crippen LogP contribution in [0.2, 0.25) is 0 Å². The summed E-state index contributed by atoms with van der Waals surface area (Å²) in [5, 5.41) is 2.47. The second-order valence-corrected chi connectivity index (χ2v) is 5.05. The first-order chi connectivity index (χ1) is 7.61. The van der Waals surface area contributed by atoms with Crippen LogP contribution in [0.15, 0.2) is 0 Å². The van der Waals surface area contributed by atoms with E-state index >= 15 is 0 Å². The van der Waals surface area contributed by atoms with Crippen LogP contribution in [0.4, 0.5) is 4.79 Å². The molecule has 0 fully saturated rings. The van der Waals surface area contributed by atoms with Crippen molar-refractivity contribution in [1.82, 2.24) is 5.32 Å². The van der Waals surface area contributed by atoms with Crippen LogP contribution in [0.5, 0.6) is 0 Å². The van der Waals surface area contributed by atoms with Gasteiger partial charge in [0, 0.05) is 6.42 Å². The van der Waals surface area contributed by atoms with Gasteiger partial charge in [-0.05, 0) is 41.0 Å². The molecule has 98 valence electrons. The highest BCUT2D eigenvalue weighted by Gasteiger charge is 2.22. The Labute approximate surface area is 102 Å². The van der Waals surface area contributed by atoms with E-state index in [-0.39, 0.29) is 18.0 Å². The first kappa shape index (κ1) is 15.6. The molecule has 0 unspecified atom stereocenters. The molecule has 0 bridgehead atoms. The molecule has 5 nitrogen and oxygen atoms in total. The van der Waals surface area contributed by atoms with Gasteiger partial charge < -0.3 is 14.8 Å². The quantitative estimate of drug-likeness (QED) is 0.799. The Morgan fingerprint density at radius 3 is 2.06 bits per heavy atom. The molecular formula is C12H21NO4. The number of Topliss-reactive ketones (excluding diaryl/α,β-unsaturated/α-hetero) is 2. The van der Waals surface area contributed by atoms with Crippen molar-refractivity contribution in [1.29, 1.82) is 0 Å². The minimum Gasteiger partial charge on any atom is -0.444 e. The number of amides is 1. The van der Waals surface area contributed by atoms with Crippen LogP contribution in [0.3, 0.4) is 0 Å². The molecule has 17 heavy (non-hydrogen) atoms. The Balaban J connectivity index is 4.30. The van der Waals surface area contributed by atoms with Gasteiger partial charge in [0.2, 0.25) is 0 Å². The molecule has 1 amide bonds. The first-order valence-corrected chi connectivity index (χ1v) is 5.61. The maximum absolute atomic E-state index is 11.4. The van der Waals surface area contributed by atoms with E-state index in [0.717, 1.165) is 0 Å². The third kappa shape index (κ3) is 8.42. The molecule has 0 aromatic carbocycles. The fraction of sp³-hybridized carbons (Fsp3) is 0.750. The van der Waals surface area contributed by atoms with E-state index in [1.165, 1.54) is 13.8 Å². The molecule has 1 atom stereocenters. The second kappa shape index (κ2) is 6.37. The summed E-state index contributed by atoms with van der Waals surface area (Å²) in [6, 6.07) is -0.659. The summed E-state index contributed by atoms with van der Waals surface area (Å²) in [7, 11) is 0. The van der Waals surface area contributed by atoms with Crippen molar-refractivity contribution < 1.29 is 19.1 Å². The summed E-state index contributed by atoms with van der Waals surface area (Å²) in [5.74, 6) is -0.195. The molecule has 0 aromatic rings. The highest BCUT2D eigenvalue weighted by Crippen LogP contribution is 2.08. The number of hydrogen-bond acceptors (Lipinski definition) is 4. The lowest BCUT2D eigenvalue weighted by Gasteiger charge is -2.22. The summed E-state index contributed by atoms with van der Waals surface area (Å²) in [6.07, 6.45) is -0.0644. The van der Waals surface area contributed by atoms with Crippen LogP contribution in [-0.2, 0) is 14.3 Å². The fourth-order valence-electron chi connectivity index (χ4n) is 1.17. The number of ketones is 2. The van der Waals surface area contributed by atoms with Gasteiger partial charge in [0.05, 0.1) is 6.04 Å². The molecule has 0 spiro atoms. The fourth-order valence-corrected chi connectivity index (χ4v) is 1.17. The molecule has 0 aromatic heterocycles. The summed E-state index contributed by atoms with van der Waals surface area (Å²) in [6.45, 7) is 8.05. The smallest absolute Gasteiger partial charge is 0.408 e. The number of carbonyl (C=O) groups excluding carboxylic acids is 3. The summed E-state index contributed by atoms with van der Waals surface area (Å²) >= 11 is 0. The van der Waals surface area contributed by atoms with E-state index < -0.39 is 17.7 Å². The van der Waals surface area contributed by atoms with Gasteiger partial charge in [0.25, 0.3) is 0 Å². The Hall–Kier alpha value is -1.39. The maximum Gasteiger partial charge on any atom is 0.408 e. The predicted molar refractivity (Wildman–Crippen MR) is 63.8 cm³/mol. The molecule has 0 saturated heterocycles. The molecule has 5 heteroatoms. The average molecular weight is 243 g/mol. The molecule has 1 N–H and O–H groups in total. The standard InChI is InChI=1S/C12H21NO4/c1-8(14)6-7-10(9(2)15)13-11(16)17-12(3,4)5/h10H,6-7H2,1-5H3,(H,13,16)/t10-/m0/s1. The average Bonchev–Trinajstić information content (AvgIpc) is 2.08. The van der Waals surface area contributed by atoms with Gasteiger partial charge in [-0.15, -0.1) is 0 Å². The number of nitrogens with one attached hydrogen (secondary N) is 1. The zero-order valence-electron chi connectivity index (χ0n) is 11.1. The van der Waals surface area contributed by atoms with Gasteiger partial charge >= 0.3 is 6.09 Å². The van der Waals surface area contributed by atoms with Gasteiger partial charge in [-0.1, -0.05) is 0 Å². The van der Waals surface area contributed by atoms with E-state index in [0.29, 0.717) is 6.42 Å². The predicted octanol–water partition coefficient (Wildman–Crippen LogP) is 1.84. The third-order valence-electron chi connectivity index (χ3n) is 1.97. The minimum absolute atomic E-state index is 0.0118. The van der Waals surface area contributed by atoms with Gasteiger partial charge in [0.1, 0.15) is 11.4 Å². The SMILES string of the molecule is CC(=O)CC[C@H](NC(=O)OC(C)(C)C)C(C)=O. The Morgan fingerprint density at radius 1 is 1.18 bits per heavy atom. The van der Waals surface area contributed by atoms with Crippen LogP contribution < -0.4 is 5.32 Å². The topological polar surface area (TPSA) is 72.5 Å². The number of ether oxygens (including phenoxy) is 1. The molecular weight excluding hydrogens is 222 g/mol. The van der Waals surface area contributed by atoms with Crippen molar-refractivity contribution in [3.8, 4) is 0 Å². The Bertz CT molecular complexity index is 304. The van der Waals surface area contributed by atoms with Crippen molar-refractivity contribution in [3.05, 3.63) is 0 Å². The van der Waals surface area contributed by atoms with Crippen LogP contribution in [0.1, 0.15) is 47.5 Å². The van der Waals surface area contributed by atoms with Crippen molar-refractivity contribution in [2.75, 3.05) is 0 Å². The lowest BCUT2D eigenvalue weighted by molar-refractivity contribution is -0.120. The van der Waals surface area contributed by atoms with Gasteiger partial charge in [0.15, 0.2) is 5.78 Å². The zero-order chi connectivity index (χ0) is 13.6. The first-order valence-electron chi connectivity index (χ1n) is 5.61. The minimum atomic E-state index is -0.659. The third-order valence-corrected chi connectivity index (χ3v) is 1.97. The van der Waals surface area contributed by atoms with Gasteiger partial charge in [-0.2, -0.15) is 0 Å². The summed E-state index contributed by atoms with van der Waals surface area (Å²) in [4.78, 5) is 33.6. The molecule has 0 aliphatic heterocycles. The normalized spacial score (nSPS) is 12.8. The van der Waals surface area contributed by atoms with E-state index in [2.05, 4.69) is 5.32 Å².